The van der Waals surface area contributed by atoms with E-state index < -0.39 is 0 Å². The van der Waals surface area contributed by atoms with Crippen LogP contribution in [-0.2, 0) is 6.61 Å². The summed E-state index contributed by atoms with van der Waals surface area (Å²) in [6.45, 7) is 2.04. The average Bonchev–Trinajstić information content (AvgIpc) is 3.43. The van der Waals surface area contributed by atoms with Crippen LogP contribution in [0.25, 0.3) is 22.6 Å². The van der Waals surface area contributed by atoms with Crippen molar-refractivity contribution >= 4 is 28.2 Å². The zero-order chi connectivity index (χ0) is 22.1. The molecule has 1 aliphatic rings. The van der Waals surface area contributed by atoms with E-state index in [-0.39, 0.29) is 18.4 Å². The van der Waals surface area contributed by atoms with Gasteiger partial charge in [0.05, 0.1) is 22.5 Å². The molecule has 3 aromatic heterocycles. The second-order valence-corrected chi connectivity index (χ2v) is 10.0. The summed E-state index contributed by atoms with van der Waals surface area (Å²) in [6, 6.07) is 16.1. The minimum Gasteiger partial charge on any atom is -0.392 e. The molecule has 0 amide bonds. The smallest absolute Gasteiger partial charge is 0.173 e. The molecular weight excluding hydrogens is 418 g/mol. The highest BCUT2D eigenvalue weighted by atomic mass is 32.1. The van der Waals surface area contributed by atoms with Gasteiger partial charge in [0, 0.05) is 23.5 Å². The largest absolute Gasteiger partial charge is 0.392 e. The first kappa shape index (κ1) is 21.0. The molecule has 2 atom stereocenters. The second kappa shape index (κ2) is 8.96. The Hall–Kier alpha value is -2.83. The van der Waals surface area contributed by atoms with Gasteiger partial charge in [-0.05, 0) is 74.1 Å². The zero-order valence-electron chi connectivity index (χ0n) is 18.2. The highest BCUT2D eigenvalue weighted by Gasteiger charge is 2.29. The third-order valence-electron chi connectivity index (χ3n) is 6.44. The molecule has 1 aromatic carbocycles. The maximum absolute atomic E-state index is 12.8. The van der Waals surface area contributed by atoms with Crippen molar-refractivity contribution in [1.82, 2.24) is 14.5 Å². The maximum atomic E-state index is 12.8. The molecule has 0 saturated heterocycles. The number of hydrogen-bond acceptors (Lipinski definition) is 5. The topological polar surface area (TPSA) is 68.0 Å². The molecular formula is C26H27N3O2S. The SMILES string of the molecule is Cc1ccc(C(=O)C[C@@H]2CCC[C@@H](n3c(-c4ccccn4)nc4cc(CO)ccc43)C2)s1. The first-order valence-electron chi connectivity index (χ1n) is 11.2. The Labute approximate surface area is 191 Å². The van der Waals surface area contributed by atoms with E-state index in [0.29, 0.717) is 12.3 Å². The fraction of sp³-hybridized carbons (Fsp3) is 0.346. The molecule has 1 N–H and O–H groups in total. The number of benzene rings is 1. The van der Waals surface area contributed by atoms with Crippen molar-refractivity contribution in [3.05, 3.63) is 70.0 Å². The van der Waals surface area contributed by atoms with Crippen molar-refractivity contribution in [2.24, 2.45) is 5.92 Å². The number of aryl methyl sites for hydroxylation is 1. The molecule has 1 aliphatic carbocycles. The van der Waals surface area contributed by atoms with Gasteiger partial charge >= 0.3 is 0 Å². The Kier molecular flexibility index (Phi) is 5.89. The molecule has 164 valence electrons. The number of aliphatic hydroxyl groups excluding tert-OH is 1. The van der Waals surface area contributed by atoms with Gasteiger partial charge < -0.3 is 9.67 Å². The van der Waals surface area contributed by atoms with Crippen LogP contribution in [0.1, 0.15) is 58.3 Å². The fourth-order valence-electron chi connectivity index (χ4n) is 4.92. The van der Waals surface area contributed by atoms with E-state index >= 15 is 0 Å². The van der Waals surface area contributed by atoms with Crippen molar-refractivity contribution in [3.8, 4) is 11.5 Å². The van der Waals surface area contributed by atoms with Crippen molar-refractivity contribution < 1.29 is 9.90 Å². The molecule has 0 radical (unpaired) electrons. The minimum atomic E-state index is -0.00245. The lowest BCUT2D eigenvalue weighted by Gasteiger charge is -2.31. The van der Waals surface area contributed by atoms with Gasteiger partial charge in [0.1, 0.15) is 5.69 Å². The van der Waals surface area contributed by atoms with Gasteiger partial charge in [-0.15, -0.1) is 11.3 Å². The normalized spacial score (nSPS) is 18.8. The van der Waals surface area contributed by atoms with Crippen molar-refractivity contribution in [2.75, 3.05) is 0 Å². The first-order chi connectivity index (χ1) is 15.6. The number of hydrogen-bond donors (Lipinski definition) is 1. The van der Waals surface area contributed by atoms with Crippen LogP contribution in [0.15, 0.2) is 54.7 Å². The van der Waals surface area contributed by atoms with E-state index in [0.717, 1.165) is 58.7 Å². The molecule has 3 heterocycles. The Bertz CT molecular complexity index is 1240. The molecule has 0 unspecified atom stereocenters. The molecule has 4 aromatic rings. The van der Waals surface area contributed by atoms with Crippen molar-refractivity contribution in [3.63, 3.8) is 0 Å². The number of aromatic nitrogens is 3. The Balaban J connectivity index is 1.48. The van der Waals surface area contributed by atoms with Crippen molar-refractivity contribution in [2.45, 2.75) is 51.7 Å². The summed E-state index contributed by atoms with van der Waals surface area (Å²) in [4.78, 5) is 24.4. The van der Waals surface area contributed by atoms with Gasteiger partial charge in [-0.25, -0.2) is 4.98 Å². The number of carbonyl (C=O) groups excluding carboxylic acids is 1. The van der Waals surface area contributed by atoms with E-state index in [4.69, 9.17) is 4.98 Å². The molecule has 0 spiro atoms. The fourth-order valence-corrected chi connectivity index (χ4v) is 5.73. The number of aliphatic hydroxyl groups is 1. The quantitative estimate of drug-likeness (QED) is 0.372. The summed E-state index contributed by atoms with van der Waals surface area (Å²) < 4.78 is 2.32. The van der Waals surface area contributed by atoms with Crippen LogP contribution >= 0.6 is 11.3 Å². The van der Waals surface area contributed by atoms with Crippen LogP contribution in [0.2, 0.25) is 0 Å². The molecule has 5 nitrogen and oxygen atoms in total. The number of thiophene rings is 1. The monoisotopic (exact) mass is 445 g/mol. The third-order valence-corrected chi connectivity index (χ3v) is 7.48. The van der Waals surface area contributed by atoms with E-state index in [1.807, 2.05) is 49.4 Å². The predicted octanol–water partition coefficient (Wildman–Crippen LogP) is 5.96. The summed E-state index contributed by atoms with van der Waals surface area (Å²) in [5, 5.41) is 9.57. The minimum absolute atomic E-state index is 0.00245. The number of fused-ring (bicyclic) bond motifs is 1. The number of pyridine rings is 1. The van der Waals surface area contributed by atoms with Gasteiger partial charge in [-0.1, -0.05) is 18.6 Å². The van der Waals surface area contributed by atoms with Gasteiger partial charge in [-0.2, -0.15) is 0 Å². The summed E-state index contributed by atoms with van der Waals surface area (Å²) in [5.41, 5.74) is 3.65. The number of rotatable bonds is 6. The van der Waals surface area contributed by atoms with Crippen LogP contribution in [0.3, 0.4) is 0 Å². The third kappa shape index (κ3) is 4.12. The van der Waals surface area contributed by atoms with Gasteiger partial charge in [0.2, 0.25) is 0 Å². The Morgan fingerprint density at radius 2 is 2.09 bits per heavy atom. The number of carbonyl (C=O) groups is 1. The lowest BCUT2D eigenvalue weighted by molar-refractivity contribution is 0.0946. The van der Waals surface area contributed by atoms with Crippen LogP contribution in [0, 0.1) is 12.8 Å². The maximum Gasteiger partial charge on any atom is 0.173 e. The molecule has 0 aliphatic heterocycles. The highest BCUT2D eigenvalue weighted by molar-refractivity contribution is 7.14. The second-order valence-electron chi connectivity index (χ2n) is 8.73. The van der Waals surface area contributed by atoms with Crippen LogP contribution in [0.4, 0.5) is 0 Å². The first-order valence-corrected chi connectivity index (χ1v) is 12.1. The van der Waals surface area contributed by atoms with E-state index in [1.165, 1.54) is 4.88 Å². The number of ketones is 1. The summed E-state index contributed by atoms with van der Waals surface area (Å²) in [5.74, 6) is 1.50. The molecule has 1 saturated carbocycles. The van der Waals surface area contributed by atoms with E-state index in [2.05, 4.69) is 15.6 Å². The lowest BCUT2D eigenvalue weighted by atomic mass is 9.82. The summed E-state index contributed by atoms with van der Waals surface area (Å²) >= 11 is 1.59. The Morgan fingerprint density at radius 3 is 2.84 bits per heavy atom. The number of Topliss-reactive ketones (excluding diaryl/α,β-unsaturated/α-hetero) is 1. The molecule has 5 rings (SSSR count). The predicted molar refractivity (Wildman–Crippen MR) is 128 cm³/mol. The molecule has 0 bridgehead atoms. The van der Waals surface area contributed by atoms with E-state index in [9.17, 15) is 9.90 Å². The van der Waals surface area contributed by atoms with Crippen LogP contribution in [-0.4, -0.2) is 25.4 Å². The van der Waals surface area contributed by atoms with E-state index in [1.54, 1.807) is 17.5 Å². The number of imidazole rings is 1. The zero-order valence-corrected chi connectivity index (χ0v) is 19.0. The van der Waals surface area contributed by atoms with Crippen LogP contribution < -0.4 is 0 Å². The lowest BCUT2D eigenvalue weighted by Crippen LogP contribution is -2.22. The van der Waals surface area contributed by atoms with Crippen molar-refractivity contribution in [1.29, 1.82) is 0 Å². The average molecular weight is 446 g/mol. The molecule has 1 fully saturated rings. The summed E-state index contributed by atoms with van der Waals surface area (Å²) in [6.07, 6.45) is 6.62. The molecule has 6 heteroatoms. The molecule has 32 heavy (non-hydrogen) atoms. The van der Waals surface area contributed by atoms with Gasteiger partial charge in [0.15, 0.2) is 11.6 Å². The van der Waals surface area contributed by atoms with Gasteiger partial charge in [0.25, 0.3) is 0 Å². The van der Waals surface area contributed by atoms with Gasteiger partial charge in [-0.3, -0.25) is 9.78 Å². The number of nitrogens with zero attached hydrogens (tertiary/aromatic N) is 3. The summed E-state index contributed by atoms with van der Waals surface area (Å²) in [7, 11) is 0. The highest BCUT2D eigenvalue weighted by Crippen LogP contribution is 2.39. The van der Waals surface area contributed by atoms with Crippen LogP contribution in [0.5, 0.6) is 0 Å². The Morgan fingerprint density at radius 1 is 1.19 bits per heavy atom. The standard InChI is InChI=1S/C26H27N3O2S/c1-17-8-11-25(32-17)24(31)15-18-5-4-6-20(13-18)29-23-10-9-19(16-30)14-22(23)28-26(29)21-7-2-3-12-27-21/h2-3,7-12,14,18,20,30H,4-6,13,15-16H2,1H3/t18-,20-/m1/s1.